The molecule has 2 aliphatic rings. The van der Waals surface area contributed by atoms with Crippen molar-refractivity contribution in [3.05, 3.63) is 60.0 Å². The van der Waals surface area contributed by atoms with Gasteiger partial charge in [0.15, 0.2) is 0 Å². The molecule has 0 spiro atoms. The highest BCUT2D eigenvalue weighted by molar-refractivity contribution is 5.66. The lowest BCUT2D eigenvalue weighted by Crippen LogP contribution is -2.53. The molecule has 1 fully saturated rings. The monoisotopic (exact) mass is 282 g/mol. The van der Waals surface area contributed by atoms with E-state index in [0.717, 1.165) is 31.7 Å². The van der Waals surface area contributed by atoms with Gasteiger partial charge in [-0.3, -0.25) is 4.90 Å². The van der Waals surface area contributed by atoms with Crippen molar-refractivity contribution in [2.24, 2.45) is 0 Å². The number of hydrogen-bond donors (Lipinski definition) is 0. The third-order valence-corrected chi connectivity index (χ3v) is 4.35. The van der Waals surface area contributed by atoms with Crippen LogP contribution in [0, 0.1) is 0 Å². The van der Waals surface area contributed by atoms with E-state index >= 15 is 0 Å². The lowest BCUT2D eigenvalue weighted by atomic mass is 9.91. The molecule has 2 atom stereocenters. The van der Waals surface area contributed by atoms with Crippen LogP contribution in [0.1, 0.15) is 17.5 Å². The van der Waals surface area contributed by atoms with Crippen molar-refractivity contribution >= 4 is 5.57 Å². The number of benzene rings is 1. The zero-order chi connectivity index (χ0) is 14.1. The van der Waals surface area contributed by atoms with Crippen molar-refractivity contribution in [3.8, 4) is 0 Å². The molecule has 0 N–H and O–H groups in total. The van der Waals surface area contributed by atoms with E-state index < -0.39 is 0 Å². The van der Waals surface area contributed by atoms with Crippen LogP contribution in [0.25, 0.3) is 5.57 Å². The Labute approximate surface area is 124 Å². The lowest BCUT2D eigenvalue weighted by molar-refractivity contribution is -0.0402. The molecule has 2 unspecified atom stereocenters. The van der Waals surface area contributed by atoms with Crippen LogP contribution in [-0.4, -0.2) is 35.4 Å². The van der Waals surface area contributed by atoms with Crippen molar-refractivity contribution in [3.63, 3.8) is 0 Å². The molecule has 0 saturated carbocycles. The summed E-state index contributed by atoms with van der Waals surface area (Å²) in [5.41, 5.74) is 3.79. The summed E-state index contributed by atoms with van der Waals surface area (Å²) in [6, 6.07) is 11.4. The van der Waals surface area contributed by atoms with Crippen molar-refractivity contribution in [1.29, 1.82) is 0 Å². The van der Waals surface area contributed by atoms with Crippen LogP contribution in [0.3, 0.4) is 0 Å². The summed E-state index contributed by atoms with van der Waals surface area (Å²) in [5.74, 6) is 0. The number of rotatable bonds is 3. The molecule has 3 heterocycles. The lowest BCUT2D eigenvalue weighted by Gasteiger charge is -2.44. The average molecular weight is 282 g/mol. The van der Waals surface area contributed by atoms with E-state index in [0.29, 0.717) is 12.1 Å². The van der Waals surface area contributed by atoms with E-state index in [1.165, 1.54) is 11.1 Å². The maximum absolute atomic E-state index is 5.74. The fourth-order valence-corrected chi connectivity index (χ4v) is 3.28. The summed E-state index contributed by atoms with van der Waals surface area (Å²) in [6.45, 7) is 2.54. The highest BCUT2D eigenvalue weighted by atomic mass is 16.5. The highest BCUT2D eigenvalue weighted by Gasteiger charge is 2.35. The fourth-order valence-electron chi connectivity index (χ4n) is 3.28. The molecule has 0 aliphatic carbocycles. The molecule has 0 amide bonds. The number of morpholine rings is 1. The molecule has 4 nitrogen and oxygen atoms in total. The first kappa shape index (κ1) is 12.8. The molecule has 108 valence electrons. The first-order chi connectivity index (χ1) is 10.4. The van der Waals surface area contributed by atoms with E-state index in [1.807, 2.05) is 0 Å². The summed E-state index contributed by atoms with van der Waals surface area (Å²) in [4.78, 5) is 2.55. The Morgan fingerprint density at radius 1 is 1.19 bits per heavy atom. The molecule has 4 heteroatoms. The van der Waals surface area contributed by atoms with E-state index in [9.17, 15) is 0 Å². The topological polar surface area (TPSA) is 38.5 Å². The first-order valence-corrected chi connectivity index (χ1v) is 7.38. The normalized spacial score (nSPS) is 25.6. The Bertz CT molecular complexity index is 622. The zero-order valence-corrected chi connectivity index (χ0v) is 11.8. The summed E-state index contributed by atoms with van der Waals surface area (Å²) in [7, 11) is 0. The minimum atomic E-state index is 0.336. The predicted molar refractivity (Wildman–Crippen MR) is 79.5 cm³/mol. The standard InChI is InChI=1S/C17H18N2O2/c1-2-4-13(5-3-1)9-19-16-6-14(15-8-18-21-10-15)7-17(19)12-20-11-16/h1-6,8,10,16-17H,7,9,11-12H2. The third-order valence-electron chi connectivity index (χ3n) is 4.35. The Hall–Kier alpha value is -1.91. The third kappa shape index (κ3) is 2.52. The number of ether oxygens (including phenoxy) is 1. The maximum atomic E-state index is 5.74. The Balaban J connectivity index is 1.59. The second-order valence-corrected chi connectivity index (χ2v) is 5.73. The van der Waals surface area contributed by atoms with Crippen LogP contribution in [0.5, 0.6) is 0 Å². The molecule has 1 aromatic carbocycles. The maximum Gasteiger partial charge on any atom is 0.131 e. The largest absolute Gasteiger partial charge is 0.378 e. The number of fused-ring (bicyclic) bond motifs is 2. The van der Waals surface area contributed by atoms with Gasteiger partial charge in [-0.1, -0.05) is 41.6 Å². The number of nitrogens with zero attached hydrogens (tertiary/aromatic N) is 2. The van der Waals surface area contributed by atoms with Crippen LogP contribution in [0.2, 0.25) is 0 Å². The predicted octanol–water partition coefficient (Wildman–Crippen LogP) is 2.73. The van der Waals surface area contributed by atoms with E-state index in [1.54, 1.807) is 12.5 Å². The minimum absolute atomic E-state index is 0.336. The van der Waals surface area contributed by atoms with Gasteiger partial charge in [-0.15, -0.1) is 0 Å². The van der Waals surface area contributed by atoms with Crippen LogP contribution < -0.4 is 0 Å². The van der Waals surface area contributed by atoms with Crippen LogP contribution in [0.15, 0.2) is 53.4 Å². The van der Waals surface area contributed by atoms with Gasteiger partial charge in [-0.2, -0.15) is 0 Å². The average Bonchev–Trinajstić information content (AvgIpc) is 3.02. The molecule has 21 heavy (non-hydrogen) atoms. The van der Waals surface area contributed by atoms with Gasteiger partial charge in [0.1, 0.15) is 6.26 Å². The first-order valence-electron chi connectivity index (χ1n) is 7.38. The summed E-state index contributed by atoms with van der Waals surface area (Å²) in [5, 5.41) is 3.82. The van der Waals surface area contributed by atoms with Crippen LogP contribution in [0.4, 0.5) is 0 Å². The van der Waals surface area contributed by atoms with Gasteiger partial charge in [0.2, 0.25) is 0 Å². The molecule has 2 aliphatic heterocycles. The van der Waals surface area contributed by atoms with Gasteiger partial charge >= 0.3 is 0 Å². The molecule has 2 aromatic rings. The van der Waals surface area contributed by atoms with Gasteiger partial charge in [0.05, 0.1) is 25.5 Å². The number of hydrogen-bond acceptors (Lipinski definition) is 4. The van der Waals surface area contributed by atoms with E-state index in [2.05, 4.69) is 46.5 Å². The Kier molecular flexibility index (Phi) is 3.33. The molecular formula is C17H18N2O2. The van der Waals surface area contributed by atoms with Crippen molar-refractivity contribution in [2.45, 2.75) is 25.0 Å². The van der Waals surface area contributed by atoms with Crippen LogP contribution in [-0.2, 0) is 11.3 Å². The van der Waals surface area contributed by atoms with Crippen molar-refractivity contribution in [1.82, 2.24) is 10.1 Å². The molecule has 1 aromatic heterocycles. The van der Waals surface area contributed by atoms with Gasteiger partial charge in [0.25, 0.3) is 0 Å². The second-order valence-electron chi connectivity index (χ2n) is 5.73. The molecule has 2 bridgehead atoms. The highest BCUT2D eigenvalue weighted by Crippen LogP contribution is 2.33. The molecule has 4 rings (SSSR count). The quantitative estimate of drug-likeness (QED) is 0.867. The van der Waals surface area contributed by atoms with E-state index in [4.69, 9.17) is 9.26 Å². The van der Waals surface area contributed by atoms with Crippen molar-refractivity contribution in [2.75, 3.05) is 13.2 Å². The van der Waals surface area contributed by atoms with Crippen molar-refractivity contribution < 1.29 is 9.26 Å². The second kappa shape index (κ2) is 5.47. The molecule has 0 radical (unpaired) electrons. The summed E-state index contributed by atoms with van der Waals surface area (Å²) in [6.07, 6.45) is 6.83. The van der Waals surface area contributed by atoms with Gasteiger partial charge in [-0.05, 0) is 17.6 Å². The van der Waals surface area contributed by atoms with E-state index in [-0.39, 0.29) is 0 Å². The Morgan fingerprint density at radius 2 is 2.10 bits per heavy atom. The number of aromatic nitrogens is 1. The molecular weight excluding hydrogens is 264 g/mol. The van der Waals surface area contributed by atoms with Gasteiger partial charge < -0.3 is 9.26 Å². The van der Waals surface area contributed by atoms with Crippen LogP contribution >= 0.6 is 0 Å². The van der Waals surface area contributed by atoms with Gasteiger partial charge in [-0.25, -0.2) is 0 Å². The summed E-state index contributed by atoms with van der Waals surface area (Å²) < 4.78 is 10.7. The zero-order valence-electron chi connectivity index (χ0n) is 11.8. The fraction of sp³-hybridized carbons (Fsp3) is 0.353. The smallest absolute Gasteiger partial charge is 0.131 e. The van der Waals surface area contributed by atoms with Gasteiger partial charge in [0, 0.05) is 18.2 Å². The SMILES string of the molecule is C1=C(c2cnoc2)CC2COCC1N2Cc1ccccc1. The Morgan fingerprint density at radius 3 is 2.86 bits per heavy atom. The minimum Gasteiger partial charge on any atom is -0.378 e. The summed E-state index contributed by atoms with van der Waals surface area (Å²) >= 11 is 0. The molecule has 1 saturated heterocycles.